The number of hydrogen-bond donors (Lipinski definition) is 0. The first-order chi connectivity index (χ1) is 6.56. The van der Waals surface area contributed by atoms with Crippen molar-refractivity contribution in [2.75, 3.05) is 12.8 Å². The van der Waals surface area contributed by atoms with Gasteiger partial charge in [-0.1, -0.05) is 6.92 Å². The normalized spacial score (nSPS) is 21.1. The zero-order valence-corrected chi connectivity index (χ0v) is 9.26. The third-order valence-electron chi connectivity index (χ3n) is 1.79. The quantitative estimate of drug-likeness (QED) is 0.658. The smallest absolute Gasteiger partial charge is 0.304 e. The minimum atomic E-state index is -0.533. The minimum Gasteiger partial charge on any atom is -0.438 e. The maximum Gasteiger partial charge on any atom is 0.304 e. The Bertz CT molecular complexity index is 288. The number of nitrogens with zero attached hydrogens (tertiary/aromatic N) is 1. The van der Waals surface area contributed by atoms with Gasteiger partial charge < -0.3 is 9.64 Å². The van der Waals surface area contributed by atoms with E-state index in [-0.39, 0.29) is 11.9 Å². The molecule has 1 amide bonds. The molecule has 1 aliphatic heterocycles. The Morgan fingerprint density at radius 1 is 1.71 bits per heavy atom. The van der Waals surface area contributed by atoms with Crippen molar-refractivity contribution in [3.05, 3.63) is 11.0 Å². The van der Waals surface area contributed by atoms with Crippen molar-refractivity contribution >= 4 is 23.6 Å². The van der Waals surface area contributed by atoms with Crippen molar-refractivity contribution in [1.82, 2.24) is 4.90 Å². The van der Waals surface area contributed by atoms with Gasteiger partial charge in [0.1, 0.15) is 0 Å². The standard InChI is InChI=1S/C9H13NO3S/c1-4-14-7-5-8(13-6(2)11)10(3)9(7)12/h5,8H,4H2,1-3H3. The zero-order valence-electron chi connectivity index (χ0n) is 8.44. The Kier molecular flexibility index (Phi) is 3.57. The van der Waals surface area contributed by atoms with Gasteiger partial charge in [-0.05, 0) is 11.8 Å². The Balaban J connectivity index is 2.70. The van der Waals surface area contributed by atoms with E-state index in [0.29, 0.717) is 4.91 Å². The van der Waals surface area contributed by atoms with Crippen molar-refractivity contribution in [2.24, 2.45) is 0 Å². The summed E-state index contributed by atoms with van der Waals surface area (Å²) in [5.41, 5.74) is 0. The van der Waals surface area contributed by atoms with E-state index in [2.05, 4.69) is 0 Å². The van der Waals surface area contributed by atoms with Crippen LogP contribution in [0, 0.1) is 0 Å². The molecule has 1 atom stereocenters. The molecule has 0 fully saturated rings. The second kappa shape index (κ2) is 4.50. The monoisotopic (exact) mass is 215 g/mol. The van der Waals surface area contributed by atoms with Gasteiger partial charge in [0, 0.05) is 14.0 Å². The molecule has 1 unspecified atom stereocenters. The molecule has 0 aromatic rings. The van der Waals surface area contributed by atoms with Gasteiger partial charge in [0.2, 0.25) is 0 Å². The predicted octanol–water partition coefficient (Wildman–Crippen LogP) is 0.985. The predicted molar refractivity (Wildman–Crippen MR) is 54.5 cm³/mol. The Labute approximate surface area is 87.3 Å². The maximum absolute atomic E-state index is 11.5. The van der Waals surface area contributed by atoms with Crippen LogP contribution in [0.1, 0.15) is 13.8 Å². The molecular weight excluding hydrogens is 202 g/mol. The fraction of sp³-hybridized carbons (Fsp3) is 0.556. The Hall–Kier alpha value is -0.970. The Morgan fingerprint density at radius 2 is 2.36 bits per heavy atom. The van der Waals surface area contributed by atoms with Crippen LogP contribution in [0.15, 0.2) is 11.0 Å². The molecule has 1 aliphatic rings. The first-order valence-electron chi connectivity index (χ1n) is 4.35. The summed E-state index contributed by atoms with van der Waals surface area (Å²) in [6.45, 7) is 3.30. The highest BCUT2D eigenvalue weighted by molar-refractivity contribution is 8.03. The molecule has 0 aromatic heterocycles. The maximum atomic E-state index is 11.5. The molecule has 1 heterocycles. The third-order valence-corrected chi connectivity index (χ3v) is 2.70. The molecule has 0 N–H and O–H groups in total. The molecule has 5 heteroatoms. The summed E-state index contributed by atoms with van der Waals surface area (Å²) in [6, 6.07) is 0. The second-order valence-electron chi connectivity index (χ2n) is 2.88. The summed E-state index contributed by atoms with van der Waals surface area (Å²) in [4.78, 5) is 24.3. The van der Waals surface area contributed by atoms with Gasteiger partial charge in [0.25, 0.3) is 5.91 Å². The van der Waals surface area contributed by atoms with Gasteiger partial charge in [0.15, 0.2) is 6.23 Å². The summed E-state index contributed by atoms with van der Waals surface area (Å²) in [7, 11) is 1.62. The second-order valence-corrected chi connectivity index (χ2v) is 4.19. The van der Waals surface area contributed by atoms with Crippen molar-refractivity contribution < 1.29 is 14.3 Å². The number of esters is 1. The number of hydrogen-bond acceptors (Lipinski definition) is 4. The molecule has 14 heavy (non-hydrogen) atoms. The van der Waals surface area contributed by atoms with Crippen LogP contribution in [-0.2, 0) is 14.3 Å². The minimum absolute atomic E-state index is 0.0805. The number of ether oxygens (including phenoxy) is 1. The molecule has 0 radical (unpaired) electrons. The summed E-state index contributed by atoms with van der Waals surface area (Å²) in [5, 5.41) is 0. The van der Waals surface area contributed by atoms with E-state index in [1.54, 1.807) is 13.1 Å². The van der Waals surface area contributed by atoms with Crippen LogP contribution in [0.25, 0.3) is 0 Å². The molecule has 0 saturated carbocycles. The fourth-order valence-corrected chi connectivity index (χ4v) is 1.94. The number of carbonyl (C=O) groups is 2. The Morgan fingerprint density at radius 3 is 2.86 bits per heavy atom. The van der Waals surface area contributed by atoms with Gasteiger partial charge in [-0.2, -0.15) is 0 Å². The van der Waals surface area contributed by atoms with Crippen LogP contribution in [0.2, 0.25) is 0 Å². The SMILES string of the molecule is CCSC1=CC(OC(C)=O)N(C)C1=O. The lowest BCUT2D eigenvalue weighted by Crippen LogP contribution is -2.33. The number of rotatable bonds is 3. The summed E-state index contributed by atoms with van der Waals surface area (Å²) >= 11 is 1.46. The van der Waals surface area contributed by atoms with E-state index in [0.717, 1.165) is 5.75 Å². The molecule has 0 bridgehead atoms. The van der Waals surface area contributed by atoms with Crippen molar-refractivity contribution in [2.45, 2.75) is 20.1 Å². The molecule has 0 saturated heterocycles. The molecule has 0 aliphatic carbocycles. The van der Waals surface area contributed by atoms with E-state index in [4.69, 9.17) is 4.74 Å². The van der Waals surface area contributed by atoms with Gasteiger partial charge >= 0.3 is 5.97 Å². The van der Waals surface area contributed by atoms with E-state index in [1.807, 2.05) is 6.92 Å². The van der Waals surface area contributed by atoms with Crippen LogP contribution in [0.3, 0.4) is 0 Å². The van der Waals surface area contributed by atoms with Crippen LogP contribution >= 0.6 is 11.8 Å². The topological polar surface area (TPSA) is 46.6 Å². The average Bonchev–Trinajstić information content (AvgIpc) is 2.34. The highest BCUT2D eigenvalue weighted by atomic mass is 32.2. The van der Waals surface area contributed by atoms with E-state index in [1.165, 1.54) is 23.6 Å². The lowest BCUT2D eigenvalue weighted by atomic mass is 10.5. The summed E-state index contributed by atoms with van der Waals surface area (Å²) < 4.78 is 4.95. The number of carbonyl (C=O) groups excluding carboxylic acids is 2. The lowest BCUT2D eigenvalue weighted by Gasteiger charge is -2.18. The lowest BCUT2D eigenvalue weighted by molar-refractivity contribution is -0.153. The molecule has 1 rings (SSSR count). The van der Waals surface area contributed by atoms with Crippen molar-refractivity contribution in [3.63, 3.8) is 0 Å². The van der Waals surface area contributed by atoms with Crippen molar-refractivity contribution in [1.29, 1.82) is 0 Å². The zero-order chi connectivity index (χ0) is 10.7. The molecule has 0 aromatic carbocycles. The van der Waals surface area contributed by atoms with Gasteiger partial charge in [-0.15, -0.1) is 11.8 Å². The average molecular weight is 215 g/mol. The molecule has 0 spiro atoms. The van der Waals surface area contributed by atoms with E-state index < -0.39 is 6.23 Å². The van der Waals surface area contributed by atoms with Crippen LogP contribution in [0.4, 0.5) is 0 Å². The van der Waals surface area contributed by atoms with Gasteiger partial charge in [-0.25, -0.2) is 0 Å². The molecular formula is C9H13NO3S. The first-order valence-corrected chi connectivity index (χ1v) is 5.33. The van der Waals surface area contributed by atoms with Crippen molar-refractivity contribution in [3.8, 4) is 0 Å². The van der Waals surface area contributed by atoms with Gasteiger partial charge in [0.05, 0.1) is 4.91 Å². The van der Waals surface area contributed by atoms with E-state index >= 15 is 0 Å². The van der Waals surface area contributed by atoms with Crippen LogP contribution in [0.5, 0.6) is 0 Å². The first kappa shape index (κ1) is 11.1. The highest BCUT2D eigenvalue weighted by Gasteiger charge is 2.31. The molecule has 4 nitrogen and oxygen atoms in total. The van der Waals surface area contributed by atoms with Gasteiger partial charge in [-0.3, -0.25) is 9.59 Å². The summed E-state index contributed by atoms with van der Waals surface area (Å²) in [5.74, 6) is 0.370. The van der Waals surface area contributed by atoms with E-state index in [9.17, 15) is 9.59 Å². The number of likely N-dealkylation sites (N-methyl/N-ethyl adjacent to an activating group) is 1. The third kappa shape index (κ3) is 2.29. The molecule has 78 valence electrons. The van der Waals surface area contributed by atoms with Crippen LogP contribution in [-0.4, -0.2) is 35.8 Å². The number of amides is 1. The fourth-order valence-electron chi connectivity index (χ4n) is 1.15. The number of thioether (sulfide) groups is 1. The highest BCUT2D eigenvalue weighted by Crippen LogP contribution is 2.26. The summed E-state index contributed by atoms with van der Waals surface area (Å²) in [6.07, 6.45) is 1.15. The largest absolute Gasteiger partial charge is 0.438 e. The van der Waals surface area contributed by atoms with Crippen LogP contribution < -0.4 is 0 Å².